The molecule has 0 unspecified atom stereocenters. The molecule has 1 aromatic heterocycles. The smallest absolute Gasteiger partial charge is 0.253 e. The SMILES string of the molecule is CN(C)C/C=C/C(=O)Nc1ccc(C(=O)N2CCC[C@H](Nc3ncc(Br)c(Nc4ccccc4)n3)C2)cc1. The van der Waals surface area contributed by atoms with Gasteiger partial charge < -0.3 is 25.8 Å². The highest BCUT2D eigenvalue weighted by Crippen LogP contribution is 2.25. The zero-order valence-electron chi connectivity index (χ0n) is 21.5. The lowest BCUT2D eigenvalue weighted by Crippen LogP contribution is -2.45. The predicted molar refractivity (Wildman–Crippen MR) is 155 cm³/mol. The highest BCUT2D eigenvalue weighted by atomic mass is 79.9. The maximum Gasteiger partial charge on any atom is 0.253 e. The molecule has 0 radical (unpaired) electrons. The zero-order valence-corrected chi connectivity index (χ0v) is 23.1. The van der Waals surface area contributed by atoms with E-state index >= 15 is 0 Å². The minimum absolute atomic E-state index is 0.0333. The molecule has 38 heavy (non-hydrogen) atoms. The number of hydrogen-bond acceptors (Lipinski definition) is 7. The fraction of sp³-hybridized carbons (Fsp3) is 0.286. The van der Waals surface area contributed by atoms with E-state index in [0.717, 1.165) is 23.0 Å². The summed E-state index contributed by atoms with van der Waals surface area (Å²) in [5, 5.41) is 9.50. The van der Waals surface area contributed by atoms with Crippen molar-refractivity contribution in [3.05, 3.63) is 83.0 Å². The van der Waals surface area contributed by atoms with Gasteiger partial charge in [-0.05, 0) is 79.3 Å². The summed E-state index contributed by atoms with van der Waals surface area (Å²) in [6, 6.07) is 16.8. The Kier molecular flexibility index (Phi) is 9.45. The van der Waals surface area contributed by atoms with Gasteiger partial charge in [-0.25, -0.2) is 4.98 Å². The fourth-order valence-electron chi connectivity index (χ4n) is 4.08. The van der Waals surface area contributed by atoms with Gasteiger partial charge in [0, 0.05) is 54.9 Å². The van der Waals surface area contributed by atoms with E-state index in [9.17, 15) is 9.59 Å². The standard InChI is InChI=1S/C28H32BrN7O2/c1-35(2)16-7-11-25(37)31-22-14-12-20(13-15-22)27(38)36-17-6-10-23(19-36)33-28-30-18-24(29)26(34-28)32-21-8-4-3-5-9-21/h3-5,7-9,11-15,18,23H,6,10,16-17,19H2,1-2H3,(H,31,37)(H2,30,32,33,34)/b11-7+/t23-/m0/s1. The van der Waals surface area contributed by atoms with Gasteiger partial charge in [-0.2, -0.15) is 4.98 Å². The lowest BCUT2D eigenvalue weighted by atomic mass is 10.0. The van der Waals surface area contributed by atoms with Gasteiger partial charge in [0.15, 0.2) is 0 Å². The van der Waals surface area contributed by atoms with Crippen LogP contribution in [0, 0.1) is 0 Å². The number of halogens is 1. The van der Waals surface area contributed by atoms with Crippen molar-refractivity contribution < 1.29 is 9.59 Å². The maximum absolute atomic E-state index is 13.2. The molecule has 4 rings (SSSR count). The summed E-state index contributed by atoms with van der Waals surface area (Å²) in [7, 11) is 3.88. The monoisotopic (exact) mass is 577 g/mol. The molecule has 1 saturated heterocycles. The van der Waals surface area contributed by atoms with Crippen molar-refractivity contribution in [1.29, 1.82) is 0 Å². The first-order valence-electron chi connectivity index (χ1n) is 12.5. The fourth-order valence-corrected chi connectivity index (χ4v) is 4.37. The molecule has 0 aliphatic carbocycles. The second kappa shape index (κ2) is 13.2. The molecule has 2 heterocycles. The number of carbonyl (C=O) groups excluding carboxylic acids is 2. The number of nitrogens with zero attached hydrogens (tertiary/aromatic N) is 4. The molecule has 0 saturated carbocycles. The van der Waals surface area contributed by atoms with E-state index < -0.39 is 0 Å². The average molecular weight is 579 g/mol. The highest BCUT2D eigenvalue weighted by molar-refractivity contribution is 9.10. The molecule has 0 spiro atoms. The molecule has 10 heteroatoms. The van der Waals surface area contributed by atoms with Crippen LogP contribution in [0.4, 0.5) is 23.1 Å². The van der Waals surface area contributed by atoms with Crippen molar-refractivity contribution in [2.75, 3.05) is 49.7 Å². The van der Waals surface area contributed by atoms with E-state index in [1.54, 1.807) is 36.5 Å². The molecule has 1 atom stereocenters. The Balaban J connectivity index is 1.34. The number of anilines is 4. The lowest BCUT2D eigenvalue weighted by Gasteiger charge is -2.33. The van der Waals surface area contributed by atoms with Crippen molar-refractivity contribution in [1.82, 2.24) is 19.8 Å². The van der Waals surface area contributed by atoms with Crippen LogP contribution in [0.25, 0.3) is 0 Å². The number of nitrogens with one attached hydrogen (secondary N) is 3. The summed E-state index contributed by atoms with van der Waals surface area (Å²) in [5.74, 6) is 0.931. The van der Waals surface area contributed by atoms with E-state index in [1.165, 1.54) is 6.08 Å². The van der Waals surface area contributed by atoms with Crippen molar-refractivity contribution in [2.45, 2.75) is 18.9 Å². The van der Waals surface area contributed by atoms with Crippen molar-refractivity contribution in [3.8, 4) is 0 Å². The molecule has 2 aromatic carbocycles. The van der Waals surface area contributed by atoms with Crippen molar-refractivity contribution >= 4 is 50.9 Å². The Hall–Kier alpha value is -3.76. The van der Waals surface area contributed by atoms with Gasteiger partial charge in [0.1, 0.15) is 5.82 Å². The van der Waals surface area contributed by atoms with Crippen LogP contribution in [-0.2, 0) is 4.79 Å². The van der Waals surface area contributed by atoms with Crippen LogP contribution < -0.4 is 16.0 Å². The van der Waals surface area contributed by atoms with Crippen LogP contribution in [0.2, 0.25) is 0 Å². The number of likely N-dealkylation sites (N-methyl/N-ethyl adjacent to an activating group) is 1. The number of piperidine rings is 1. The Morgan fingerprint density at radius 2 is 1.87 bits per heavy atom. The van der Waals surface area contributed by atoms with E-state index in [1.807, 2.05) is 54.2 Å². The second-order valence-corrected chi connectivity index (χ2v) is 10.2. The van der Waals surface area contributed by atoms with Crippen LogP contribution in [0.1, 0.15) is 23.2 Å². The number of rotatable bonds is 9. The molecule has 9 nitrogen and oxygen atoms in total. The van der Waals surface area contributed by atoms with Crippen LogP contribution >= 0.6 is 15.9 Å². The number of amides is 2. The number of para-hydroxylation sites is 1. The normalized spacial score (nSPS) is 15.5. The molecule has 3 N–H and O–H groups in total. The summed E-state index contributed by atoms with van der Waals surface area (Å²) in [6.45, 7) is 1.93. The Bertz CT molecular complexity index is 1270. The topological polar surface area (TPSA) is 102 Å². The maximum atomic E-state index is 13.2. The van der Waals surface area contributed by atoms with Gasteiger partial charge in [0.05, 0.1) is 4.47 Å². The second-order valence-electron chi connectivity index (χ2n) is 9.35. The Morgan fingerprint density at radius 3 is 2.61 bits per heavy atom. The molecule has 2 amide bonds. The Labute approximate surface area is 231 Å². The van der Waals surface area contributed by atoms with Crippen LogP contribution in [0.3, 0.4) is 0 Å². The van der Waals surface area contributed by atoms with Gasteiger partial charge in [-0.15, -0.1) is 0 Å². The third-order valence-corrected chi connectivity index (χ3v) is 6.54. The summed E-state index contributed by atoms with van der Waals surface area (Å²) in [5.41, 5.74) is 2.16. The zero-order chi connectivity index (χ0) is 26.9. The summed E-state index contributed by atoms with van der Waals surface area (Å²) in [4.78, 5) is 38.1. The first kappa shape index (κ1) is 27.3. The third-order valence-electron chi connectivity index (χ3n) is 5.96. The quantitative estimate of drug-likeness (QED) is 0.315. The molecule has 1 aliphatic heterocycles. The van der Waals surface area contributed by atoms with Gasteiger partial charge >= 0.3 is 0 Å². The third kappa shape index (κ3) is 7.87. The van der Waals surface area contributed by atoms with Crippen molar-refractivity contribution in [2.24, 2.45) is 0 Å². The first-order valence-corrected chi connectivity index (χ1v) is 13.3. The van der Waals surface area contributed by atoms with Crippen LogP contribution in [0.15, 0.2) is 77.4 Å². The molecular formula is C28H32BrN7O2. The Morgan fingerprint density at radius 1 is 1.11 bits per heavy atom. The number of carbonyl (C=O) groups is 2. The molecular weight excluding hydrogens is 546 g/mol. The first-order chi connectivity index (χ1) is 18.4. The summed E-state index contributed by atoms with van der Waals surface area (Å²) >= 11 is 3.51. The van der Waals surface area contributed by atoms with E-state index in [-0.39, 0.29) is 17.9 Å². The van der Waals surface area contributed by atoms with Crippen LogP contribution in [-0.4, -0.2) is 71.4 Å². The van der Waals surface area contributed by atoms with Crippen molar-refractivity contribution in [3.63, 3.8) is 0 Å². The van der Waals surface area contributed by atoms with Gasteiger partial charge in [0.2, 0.25) is 11.9 Å². The summed E-state index contributed by atoms with van der Waals surface area (Å²) < 4.78 is 0.761. The molecule has 1 aliphatic rings. The summed E-state index contributed by atoms with van der Waals surface area (Å²) in [6.07, 6.45) is 6.81. The predicted octanol–water partition coefficient (Wildman–Crippen LogP) is 4.76. The number of hydrogen-bond donors (Lipinski definition) is 3. The average Bonchev–Trinajstić information content (AvgIpc) is 2.91. The molecule has 198 valence electrons. The highest BCUT2D eigenvalue weighted by Gasteiger charge is 2.25. The van der Waals surface area contributed by atoms with Crippen LogP contribution in [0.5, 0.6) is 0 Å². The largest absolute Gasteiger partial charge is 0.350 e. The molecule has 1 fully saturated rings. The lowest BCUT2D eigenvalue weighted by molar-refractivity contribution is -0.111. The number of benzene rings is 2. The number of aromatic nitrogens is 2. The minimum atomic E-state index is -0.201. The molecule has 3 aromatic rings. The number of likely N-dealkylation sites (tertiary alicyclic amines) is 1. The van der Waals surface area contributed by atoms with Gasteiger partial charge in [-0.3, -0.25) is 9.59 Å². The van der Waals surface area contributed by atoms with E-state index in [2.05, 4.69) is 41.8 Å². The minimum Gasteiger partial charge on any atom is -0.350 e. The van der Waals surface area contributed by atoms with Gasteiger partial charge in [0.25, 0.3) is 5.91 Å². The molecule has 0 bridgehead atoms. The van der Waals surface area contributed by atoms with E-state index in [0.29, 0.717) is 42.7 Å². The van der Waals surface area contributed by atoms with E-state index in [4.69, 9.17) is 0 Å². The van der Waals surface area contributed by atoms with Gasteiger partial charge in [-0.1, -0.05) is 24.3 Å².